The first-order chi connectivity index (χ1) is 1.00. The average molecular weight is 192 g/mol. The van der Waals surface area contributed by atoms with E-state index in [9.17, 15) is 0 Å². The molecule has 1 nitrogen and oxygen atoms in total. The fraction of sp³-hybridized carbons (Fsp3) is 0. The Hall–Kier alpha value is 1.00. The van der Waals surface area contributed by atoms with Gasteiger partial charge >= 0.3 is 21.8 Å². The molecule has 0 heterocycles. The fourth-order valence-electron chi connectivity index (χ4n) is 0. The van der Waals surface area contributed by atoms with Crippen molar-refractivity contribution in [2.24, 2.45) is 0 Å². The van der Waals surface area contributed by atoms with E-state index in [4.69, 9.17) is 3.57 Å². The summed E-state index contributed by atoms with van der Waals surface area (Å²) in [6.07, 6.45) is 0. The molecule has 0 unspecified atom stereocenters. The van der Waals surface area contributed by atoms with Gasteiger partial charge in [-0.05, 0) is 0 Å². The zero-order chi connectivity index (χ0) is 2.00. The van der Waals surface area contributed by atoms with Crippen LogP contribution in [0.25, 0.3) is 0 Å². The van der Waals surface area contributed by atoms with Crippen LogP contribution >= 0.6 is 24.8 Å². The summed E-state index contributed by atoms with van der Waals surface area (Å²) in [6.45, 7) is 0. The van der Waals surface area contributed by atoms with E-state index >= 15 is 0 Å². The van der Waals surface area contributed by atoms with Crippen LogP contribution in [0.5, 0.6) is 0 Å². The summed E-state index contributed by atoms with van der Waals surface area (Å²) in [5.41, 5.74) is 0. The van der Waals surface area contributed by atoms with Gasteiger partial charge in [0.05, 0.1) is 0 Å². The van der Waals surface area contributed by atoms with Gasteiger partial charge in [0.15, 0.2) is 0 Å². The Morgan fingerprint density at radius 3 is 1.00 bits per heavy atom. The van der Waals surface area contributed by atoms with Crippen LogP contribution in [0.4, 0.5) is 0 Å². The van der Waals surface area contributed by atoms with E-state index < -0.39 is 0 Å². The first kappa shape index (κ1) is 20.0. The molecule has 0 amide bonds. The van der Waals surface area contributed by atoms with Gasteiger partial charge < -0.3 is 0 Å². The molecule has 0 aromatic heterocycles. The molecule has 0 aliphatic carbocycles. The molecule has 0 aliphatic heterocycles. The van der Waals surface area contributed by atoms with Gasteiger partial charge in [-0.15, -0.1) is 24.8 Å². The molecule has 0 radical (unpaired) electrons. The molecule has 4 heteroatoms. The minimum atomic E-state index is 0. The van der Waals surface area contributed by atoms with Crippen molar-refractivity contribution in [2.45, 2.75) is 0 Å². The van der Waals surface area contributed by atoms with E-state index in [1.807, 2.05) is 0 Å². The third kappa shape index (κ3) is 12.0. The summed E-state index contributed by atoms with van der Waals surface area (Å²) in [5, 5.41) is 0. The van der Waals surface area contributed by atoms with E-state index in [2.05, 4.69) is 0 Å². The van der Waals surface area contributed by atoms with Gasteiger partial charge in [0.2, 0.25) is 0 Å². The maximum atomic E-state index is 8.14. The van der Waals surface area contributed by atoms with Crippen molar-refractivity contribution in [3.63, 3.8) is 0 Å². The number of hydrogen-bond donors (Lipinski definition) is 0. The van der Waals surface area contributed by atoms with Gasteiger partial charge in [-0.1, -0.05) is 0 Å². The van der Waals surface area contributed by atoms with E-state index in [1.165, 1.54) is 18.3 Å². The summed E-state index contributed by atoms with van der Waals surface area (Å²) in [7, 11) is 0. The van der Waals surface area contributed by atoms with Gasteiger partial charge in [-0.2, -0.15) is 0 Å². The SMILES string of the molecule is Cl.Cl.[O]=[Rh]. The van der Waals surface area contributed by atoms with Crippen LogP contribution in [0.15, 0.2) is 0 Å². The van der Waals surface area contributed by atoms with Crippen LogP contribution in [-0.2, 0) is 21.8 Å². The molecule has 0 aromatic rings. The van der Waals surface area contributed by atoms with Crippen LogP contribution < -0.4 is 0 Å². The molecule has 0 spiro atoms. The van der Waals surface area contributed by atoms with Crippen molar-refractivity contribution in [1.82, 2.24) is 0 Å². The molecule has 0 N–H and O–H groups in total. The van der Waals surface area contributed by atoms with Crippen LogP contribution in [-0.4, -0.2) is 0 Å². The van der Waals surface area contributed by atoms with E-state index in [-0.39, 0.29) is 24.8 Å². The monoisotopic (exact) mass is 191 g/mol. The summed E-state index contributed by atoms with van der Waals surface area (Å²) in [4.78, 5) is 0. The summed E-state index contributed by atoms with van der Waals surface area (Å²) in [6, 6.07) is 0. The molecule has 0 fully saturated rings. The van der Waals surface area contributed by atoms with Crippen molar-refractivity contribution >= 4 is 24.8 Å². The van der Waals surface area contributed by atoms with Crippen molar-refractivity contribution in [3.05, 3.63) is 0 Å². The molecule has 0 atom stereocenters. The summed E-state index contributed by atoms with van der Waals surface area (Å²) < 4.78 is 8.14. The molecule has 0 saturated carbocycles. The van der Waals surface area contributed by atoms with Gasteiger partial charge in [-0.25, -0.2) is 0 Å². The molecule has 0 bridgehead atoms. The Kier molecular flexibility index (Phi) is 179. The van der Waals surface area contributed by atoms with Gasteiger partial charge in [0, 0.05) is 0 Å². The quantitative estimate of drug-likeness (QED) is 0.516. The average Bonchev–Trinajstić information content (AvgIpc) is 1.00. The maximum absolute atomic E-state index is 8.14. The van der Waals surface area contributed by atoms with E-state index in [1.54, 1.807) is 0 Å². The van der Waals surface area contributed by atoms with Crippen molar-refractivity contribution in [3.8, 4) is 0 Å². The molecular formula is H2Cl2ORh. The Morgan fingerprint density at radius 2 is 1.00 bits per heavy atom. The molecular weight excluding hydrogens is 190 g/mol. The number of rotatable bonds is 0. The molecule has 0 aliphatic rings. The first-order valence-corrected chi connectivity index (χ1v) is 0.805. The predicted octanol–water partition coefficient (Wildman–Crippen LogP) is 0.722. The zero-order valence-corrected chi connectivity index (χ0v) is 4.83. The Morgan fingerprint density at radius 1 is 1.00 bits per heavy atom. The van der Waals surface area contributed by atoms with Crippen molar-refractivity contribution in [2.75, 3.05) is 0 Å². The van der Waals surface area contributed by atoms with Crippen LogP contribution in [0.3, 0.4) is 0 Å². The molecule has 4 heavy (non-hydrogen) atoms. The predicted molar refractivity (Wildman–Crippen MR) is 15.2 cm³/mol. The molecule has 0 saturated heterocycles. The van der Waals surface area contributed by atoms with Gasteiger partial charge in [-0.3, -0.25) is 0 Å². The minimum absolute atomic E-state index is 0. The Labute approximate surface area is 46.9 Å². The Balaban J connectivity index is -0.00000000500. The third-order valence-electron chi connectivity index (χ3n) is 0. The second kappa shape index (κ2) is 35.9. The topological polar surface area (TPSA) is 17.1 Å². The fourth-order valence-corrected chi connectivity index (χ4v) is 0. The van der Waals surface area contributed by atoms with E-state index in [0.717, 1.165) is 0 Å². The van der Waals surface area contributed by atoms with Crippen LogP contribution in [0.2, 0.25) is 0 Å². The van der Waals surface area contributed by atoms with Gasteiger partial charge in [0.1, 0.15) is 0 Å². The summed E-state index contributed by atoms with van der Waals surface area (Å²) >= 11 is 1.30. The van der Waals surface area contributed by atoms with Gasteiger partial charge in [0.25, 0.3) is 0 Å². The second-order valence-corrected chi connectivity index (χ2v) is 0. The number of halogens is 2. The molecule has 31 valence electrons. The van der Waals surface area contributed by atoms with Crippen LogP contribution in [0, 0.1) is 0 Å². The summed E-state index contributed by atoms with van der Waals surface area (Å²) in [5.74, 6) is 0. The van der Waals surface area contributed by atoms with E-state index in [0.29, 0.717) is 0 Å². The normalized spacial score (nSPS) is 1.25. The third-order valence-corrected chi connectivity index (χ3v) is 0. The number of hydrogen-bond acceptors (Lipinski definition) is 1. The van der Waals surface area contributed by atoms with Crippen LogP contribution in [0.1, 0.15) is 0 Å². The first-order valence-electron chi connectivity index (χ1n) is 0.136. The zero-order valence-electron chi connectivity index (χ0n) is 1.56. The molecule has 0 aromatic carbocycles. The van der Waals surface area contributed by atoms with Crippen molar-refractivity contribution in [1.29, 1.82) is 0 Å². The molecule has 0 rings (SSSR count). The standard InChI is InChI=1S/2ClH.O.Rh/h2*1H;;. The second-order valence-electron chi connectivity index (χ2n) is 0. The van der Waals surface area contributed by atoms with Crippen molar-refractivity contribution < 1.29 is 21.8 Å². The Bertz CT molecular complexity index is 6.00.